The molecule has 21 heavy (non-hydrogen) atoms. The van der Waals surface area contributed by atoms with Crippen LogP contribution in [0.2, 0.25) is 15.1 Å². The molecule has 0 aliphatic rings. The van der Waals surface area contributed by atoms with E-state index in [-0.39, 0.29) is 6.04 Å². The van der Waals surface area contributed by atoms with E-state index in [0.29, 0.717) is 10.0 Å². The number of hydrogen-bond donors (Lipinski definition) is 1. The van der Waals surface area contributed by atoms with Gasteiger partial charge in [0.1, 0.15) is 0 Å². The molecule has 112 valence electrons. The van der Waals surface area contributed by atoms with Crippen LogP contribution < -0.4 is 5.32 Å². The van der Waals surface area contributed by atoms with Gasteiger partial charge in [-0.3, -0.25) is 0 Å². The Kier molecular flexibility index (Phi) is 6.38. The lowest BCUT2D eigenvalue weighted by Crippen LogP contribution is -2.24. The summed E-state index contributed by atoms with van der Waals surface area (Å²) in [6.45, 7) is 3.10. The molecule has 0 fully saturated rings. The first-order valence-corrected chi connectivity index (χ1v) is 8.16. The molecule has 0 heterocycles. The summed E-state index contributed by atoms with van der Waals surface area (Å²) in [6, 6.07) is 13.9. The van der Waals surface area contributed by atoms with Gasteiger partial charge in [-0.2, -0.15) is 0 Å². The summed E-state index contributed by atoms with van der Waals surface area (Å²) < 4.78 is 0. The van der Waals surface area contributed by atoms with Crippen LogP contribution in [0.5, 0.6) is 0 Å². The average Bonchev–Trinajstić information content (AvgIpc) is 2.46. The molecule has 4 heteroatoms. The van der Waals surface area contributed by atoms with Gasteiger partial charge in [0.05, 0.1) is 10.0 Å². The van der Waals surface area contributed by atoms with E-state index >= 15 is 0 Å². The molecule has 0 radical (unpaired) electrons. The van der Waals surface area contributed by atoms with E-state index in [4.69, 9.17) is 34.8 Å². The fraction of sp³-hybridized carbons (Fsp3) is 0.294. The number of nitrogens with one attached hydrogen (secondary N) is 1. The van der Waals surface area contributed by atoms with Crippen LogP contribution in [0.15, 0.2) is 42.5 Å². The van der Waals surface area contributed by atoms with Gasteiger partial charge < -0.3 is 5.32 Å². The molecule has 0 spiro atoms. The van der Waals surface area contributed by atoms with Crippen molar-refractivity contribution in [3.8, 4) is 0 Å². The monoisotopic (exact) mass is 341 g/mol. The van der Waals surface area contributed by atoms with Gasteiger partial charge in [0.15, 0.2) is 0 Å². The Morgan fingerprint density at radius 2 is 1.81 bits per heavy atom. The largest absolute Gasteiger partial charge is 0.310 e. The molecular weight excluding hydrogens is 325 g/mol. The second-order valence-corrected chi connectivity index (χ2v) is 6.27. The SMILES string of the molecule is CCCNC(Cc1cccc(Cl)c1)c1ccc(Cl)c(Cl)c1. The zero-order chi connectivity index (χ0) is 15.2. The zero-order valence-corrected chi connectivity index (χ0v) is 14.1. The first-order chi connectivity index (χ1) is 10.1. The lowest BCUT2D eigenvalue weighted by Gasteiger charge is -2.20. The first-order valence-electron chi connectivity index (χ1n) is 7.03. The highest BCUT2D eigenvalue weighted by Crippen LogP contribution is 2.27. The molecule has 0 saturated carbocycles. The summed E-state index contributed by atoms with van der Waals surface area (Å²) in [5, 5.41) is 5.48. The highest BCUT2D eigenvalue weighted by Gasteiger charge is 2.13. The Morgan fingerprint density at radius 1 is 1.00 bits per heavy atom. The Balaban J connectivity index is 2.22. The molecule has 1 N–H and O–H groups in total. The predicted octanol–water partition coefficient (Wildman–Crippen LogP) is 5.93. The van der Waals surface area contributed by atoms with Gasteiger partial charge in [0.2, 0.25) is 0 Å². The lowest BCUT2D eigenvalue weighted by molar-refractivity contribution is 0.529. The van der Waals surface area contributed by atoms with Crippen molar-refractivity contribution in [2.45, 2.75) is 25.8 Å². The van der Waals surface area contributed by atoms with Gasteiger partial charge in [-0.1, -0.05) is 59.9 Å². The topological polar surface area (TPSA) is 12.0 Å². The van der Waals surface area contributed by atoms with Crippen molar-refractivity contribution in [3.63, 3.8) is 0 Å². The van der Waals surface area contributed by atoms with Crippen LogP contribution in [0.3, 0.4) is 0 Å². The van der Waals surface area contributed by atoms with Gasteiger partial charge in [0.25, 0.3) is 0 Å². The average molecular weight is 343 g/mol. The quantitative estimate of drug-likeness (QED) is 0.686. The van der Waals surface area contributed by atoms with Crippen LogP contribution in [0.1, 0.15) is 30.5 Å². The fourth-order valence-electron chi connectivity index (χ4n) is 2.26. The molecule has 2 aromatic carbocycles. The molecule has 0 aliphatic carbocycles. The standard InChI is InChI=1S/C17H18Cl3N/c1-2-8-21-17(10-12-4-3-5-14(18)9-12)13-6-7-15(19)16(20)11-13/h3-7,9,11,17,21H,2,8,10H2,1H3. The molecule has 1 unspecified atom stereocenters. The van der Waals surface area contributed by atoms with Crippen LogP contribution in [-0.4, -0.2) is 6.54 Å². The van der Waals surface area contributed by atoms with E-state index in [0.717, 1.165) is 30.0 Å². The highest BCUT2D eigenvalue weighted by atomic mass is 35.5. The van der Waals surface area contributed by atoms with E-state index < -0.39 is 0 Å². The summed E-state index contributed by atoms with van der Waals surface area (Å²) in [5.74, 6) is 0. The van der Waals surface area contributed by atoms with Crippen molar-refractivity contribution >= 4 is 34.8 Å². The maximum absolute atomic E-state index is 6.14. The summed E-state index contributed by atoms with van der Waals surface area (Å²) in [4.78, 5) is 0. The van der Waals surface area contributed by atoms with Crippen molar-refractivity contribution in [2.75, 3.05) is 6.54 Å². The molecule has 0 aromatic heterocycles. The minimum absolute atomic E-state index is 0.193. The third kappa shape index (κ3) is 4.89. The normalized spacial score (nSPS) is 12.4. The maximum atomic E-state index is 6.14. The Hall–Kier alpha value is -0.730. The van der Waals surface area contributed by atoms with E-state index in [1.807, 2.05) is 36.4 Å². The van der Waals surface area contributed by atoms with Gasteiger partial charge in [0, 0.05) is 11.1 Å². The molecule has 0 saturated heterocycles. The van der Waals surface area contributed by atoms with Crippen molar-refractivity contribution in [3.05, 3.63) is 68.7 Å². The smallest absolute Gasteiger partial charge is 0.0595 e. The van der Waals surface area contributed by atoms with E-state index in [1.165, 1.54) is 5.56 Å². The van der Waals surface area contributed by atoms with Gasteiger partial charge in [-0.25, -0.2) is 0 Å². The predicted molar refractivity (Wildman–Crippen MR) is 92.7 cm³/mol. The highest BCUT2D eigenvalue weighted by molar-refractivity contribution is 6.42. The van der Waals surface area contributed by atoms with Gasteiger partial charge in [-0.15, -0.1) is 0 Å². The molecule has 0 amide bonds. The van der Waals surface area contributed by atoms with Crippen molar-refractivity contribution < 1.29 is 0 Å². The minimum Gasteiger partial charge on any atom is -0.310 e. The number of rotatable bonds is 6. The van der Waals surface area contributed by atoms with Gasteiger partial charge >= 0.3 is 0 Å². The van der Waals surface area contributed by atoms with Crippen molar-refractivity contribution in [1.82, 2.24) is 5.32 Å². The lowest BCUT2D eigenvalue weighted by atomic mass is 9.98. The van der Waals surface area contributed by atoms with E-state index in [1.54, 1.807) is 0 Å². The number of halogens is 3. The molecule has 0 bridgehead atoms. The zero-order valence-electron chi connectivity index (χ0n) is 11.9. The molecular formula is C17H18Cl3N. The summed E-state index contributed by atoms with van der Waals surface area (Å²) in [6.07, 6.45) is 1.94. The van der Waals surface area contributed by atoms with Crippen LogP contribution in [0.4, 0.5) is 0 Å². The number of benzene rings is 2. The molecule has 1 nitrogen and oxygen atoms in total. The molecule has 2 aromatic rings. The van der Waals surface area contributed by atoms with Crippen molar-refractivity contribution in [2.24, 2.45) is 0 Å². The Labute approximate surface area is 141 Å². The Morgan fingerprint density at radius 3 is 2.48 bits per heavy atom. The minimum atomic E-state index is 0.193. The van der Waals surface area contributed by atoms with Crippen molar-refractivity contribution in [1.29, 1.82) is 0 Å². The van der Waals surface area contributed by atoms with Crippen LogP contribution in [0.25, 0.3) is 0 Å². The number of hydrogen-bond acceptors (Lipinski definition) is 1. The van der Waals surface area contributed by atoms with Crippen LogP contribution in [0, 0.1) is 0 Å². The molecule has 2 rings (SSSR count). The molecule has 1 atom stereocenters. The third-order valence-corrected chi connectivity index (χ3v) is 4.29. The van der Waals surface area contributed by atoms with Gasteiger partial charge in [-0.05, 0) is 54.8 Å². The third-order valence-electron chi connectivity index (χ3n) is 3.32. The maximum Gasteiger partial charge on any atom is 0.0595 e. The molecule has 0 aliphatic heterocycles. The summed E-state index contributed by atoms with van der Waals surface area (Å²) >= 11 is 18.2. The second kappa shape index (κ2) is 8.05. The fourth-order valence-corrected chi connectivity index (χ4v) is 2.77. The second-order valence-electron chi connectivity index (χ2n) is 5.01. The van der Waals surface area contributed by atoms with E-state index in [2.05, 4.69) is 18.3 Å². The first kappa shape index (κ1) is 16.6. The van der Waals surface area contributed by atoms with E-state index in [9.17, 15) is 0 Å². The summed E-state index contributed by atoms with van der Waals surface area (Å²) in [7, 11) is 0. The van der Waals surface area contributed by atoms with Crippen LogP contribution >= 0.6 is 34.8 Å². The van der Waals surface area contributed by atoms with Crippen LogP contribution in [-0.2, 0) is 6.42 Å². The Bertz CT molecular complexity index is 598. The summed E-state index contributed by atoms with van der Waals surface area (Å²) in [5.41, 5.74) is 2.33.